The Balaban J connectivity index is 3.20. The molecular formula is C17H32O3. The lowest BCUT2D eigenvalue weighted by Crippen LogP contribution is -2.09. The van der Waals surface area contributed by atoms with Crippen molar-refractivity contribution in [3.05, 3.63) is 12.2 Å². The predicted molar refractivity (Wildman–Crippen MR) is 83.6 cm³/mol. The number of carbonyl (C=O) groups is 1. The lowest BCUT2D eigenvalue weighted by Gasteiger charge is -2.06. The topological polar surface area (TPSA) is 46.5 Å². The molecule has 0 aliphatic rings. The number of aliphatic hydroxyl groups is 1. The van der Waals surface area contributed by atoms with E-state index in [9.17, 15) is 4.79 Å². The van der Waals surface area contributed by atoms with E-state index in [2.05, 4.69) is 13.5 Å². The molecule has 1 N–H and O–H groups in total. The first-order valence-corrected chi connectivity index (χ1v) is 8.18. The Bertz CT molecular complexity index is 249. The van der Waals surface area contributed by atoms with E-state index < -0.39 is 0 Å². The van der Waals surface area contributed by atoms with E-state index in [0.717, 1.165) is 12.8 Å². The van der Waals surface area contributed by atoms with E-state index in [0.29, 0.717) is 18.6 Å². The van der Waals surface area contributed by atoms with Crippen LogP contribution in [0, 0.1) is 0 Å². The zero-order valence-electron chi connectivity index (χ0n) is 13.2. The summed E-state index contributed by atoms with van der Waals surface area (Å²) in [5.74, 6) is -0.366. The summed E-state index contributed by atoms with van der Waals surface area (Å²) in [6.45, 7) is 6.24. The molecule has 0 heterocycles. The molecule has 0 aliphatic carbocycles. The molecule has 0 aliphatic heterocycles. The third-order valence-electron chi connectivity index (χ3n) is 3.43. The lowest BCUT2D eigenvalue weighted by molar-refractivity contribution is -0.139. The van der Waals surface area contributed by atoms with Crippen molar-refractivity contribution < 1.29 is 14.6 Å². The molecule has 3 nitrogen and oxygen atoms in total. The Kier molecular flexibility index (Phi) is 14.0. The van der Waals surface area contributed by atoms with Crippen LogP contribution in [-0.2, 0) is 9.53 Å². The number of carbonyl (C=O) groups excluding carboxylic acids is 1. The molecule has 118 valence electrons. The molecule has 0 amide bonds. The van der Waals surface area contributed by atoms with Crippen LogP contribution < -0.4 is 0 Å². The fraction of sp³-hybridized carbons (Fsp3) is 0.824. The second-order valence-corrected chi connectivity index (χ2v) is 5.40. The molecule has 0 atom stereocenters. The van der Waals surface area contributed by atoms with Crippen molar-refractivity contribution in [1.82, 2.24) is 0 Å². The van der Waals surface area contributed by atoms with E-state index in [4.69, 9.17) is 9.84 Å². The van der Waals surface area contributed by atoms with Gasteiger partial charge in [0, 0.05) is 18.6 Å². The predicted octanol–water partition coefficient (Wildman–Crippen LogP) is 4.39. The van der Waals surface area contributed by atoms with Gasteiger partial charge in [0.05, 0.1) is 6.61 Å². The van der Waals surface area contributed by atoms with E-state index in [1.54, 1.807) is 0 Å². The smallest absolute Gasteiger partial charge is 0.333 e. The molecule has 3 heteroatoms. The standard InChI is InChI=1S/C17H32O3/c1-3-4-5-6-7-8-9-10-11-12-15-20-17(19)16(2)13-14-18/h18H,2-15H2,1H3. The van der Waals surface area contributed by atoms with Gasteiger partial charge in [0.1, 0.15) is 0 Å². The molecule has 0 bridgehead atoms. The van der Waals surface area contributed by atoms with Crippen molar-refractivity contribution in [2.75, 3.05) is 13.2 Å². The quantitative estimate of drug-likeness (QED) is 0.292. The van der Waals surface area contributed by atoms with Gasteiger partial charge in [-0.25, -0.2) is 4.79 Å². The highest BCUT2D eigenvalue weighted by Crippen LogP contribution is 2.10. The molecule has 0 radical (unpaired) electrons. The van der Waals surface area contributed by atoms with Gasteiger partial charge in [-0.1, -0.05) is 71.3 Å². The molecule has 20 heavy (non-hydrogen) atoms. The molecule has 0 saturated carbocycles. The van der Waals surface area contributed by atoms with Crippen LogP contribution in [0.15, 0.2) is 12.2 Å². The summed E-state index contributed by atoms with van der Waals surface area (Å²) in [7, 11) is 0. The third kappa shape index (κ3) is 12.2. The molecule has 0 spiro atoms. The van der Waals surface area contributed by atoms with Crippen molar-refractivity contribution in [3.63, 3.8) is 0 Å². The molecule has 0 saturated heterocycles. The minimum absolute atomic E-state index is 0.0494. The summed E-state index contributed by atoms with van der Waals surface area (Å²) in [6.07, 6.45) is 13.0. The Morgan fingerprint density at radius 1 is 0.950 bits per heavy atom. The zero-order chi connectivity index (χ0) is 15.1. The number of ether oxygens (including phenoxy) is 1. The number of unbranched alkanes of at least 4 members (excludes halogenated alkanes) is 9. The zero-order valence-corrected chi connectivity index (χ0v) is 13.2. The summed E-state index contributed by atoms with van der Waals surface area (Å²) >= 11 is 0. The monoisotopic (exact) mass is 284 g/mol. The summed E-state index contributed by atoms with van der Waals surface area (Å²) in [4.78, 5) is 11.4. The first-order valence-electron chi connectivity index (χ1n) is 8.18. The normalized spacial score (nSPS) is 10.5. The van der Waals surface area contributed by atoms with Crippen molar-refractivity contribution >= 4 is 5.97 Å². The van der Waals surface area contributed by atoms with Crippen LogP contribution in [0.2, 0.25) is 0 Å². The summed E-state index contributed by atoms with van der Waals surface area (Å²) in [5, 5.41) is 8.68. The second-order valence-electron chi connectivity index (χ2n) is 5.40. The van der Waals surface area contributed by atoms with Gasteiger partial charge in [0.15, 0.2) is 0 Å². The minimum Gasteiger partial charge on any atom is -0.462 e. The van der Waals surface area contributed by atoms with Crippen molar-refractivity contribution in [2.24, 2.45) is 0 Å². The van der Waals surface area contributed by atoms with Crippen LogP contribution >= 0.6 is 0 Å². The van der Waals surface area contributed by atoms with E-state index in [1.807, 2.05) is 0 Å². The van der Waals surface area contributed by atoms with Crippen molar-refractivity contribution in [2.45, 2.75) is 77.6 Å². The van der Waals surface area contributed by atoms with Gasteiger partial charge >= 0.3 is 5.97 Å². The highest BCUT2D eigenvalue weighted by atomic mass is 16.5. The molecule has 0 aromatic rings. The molecule has 0 aromatic heterocycles. The summed E-state index contributed by atoms with van der Waals surface area (Å²) in [5.41, 5.74) is 0.361. The Labute approximate surface area is 124 Å². The minimum atomic E-state index is -0.366. The number of aliphatic hydroxyl groups excluding tert-OH is 1. The van der Waals surface area contributed by atoms with Gasteiger partial charge in [-0.2, -0.15) is 0 Å². The fourth-order valence-corrected chi connectivity index (χ4v) is 2.09. The maximum Gasteiger partial charge on any atom is 0.333 e. The van der Waals surface area contributed by atoms with Gasteiger partial charge in [-0.05, 0) is 6.42 Å². The lowest BCUT2D eigenvalue weighted by atomic mass is 10.1. The van der Waals surface area contributed by atoms with Crippen LogP contribution in [0.5, 0.6) is 0 Å². The van der Waals surface area contributed by atoms with E-state index >= 15 is 0 Å². The number of esters is 1. The number of hydrogen-bond acceptors (Lipinski definition) is 3. The molecular weight excluding hydrogens is 252 g/mol. The van der Waals surface area contributed by atoms with Gasteiger partial charge < -0.3 is 9.84 Å². The van der Waals surface area contributed by atoms with Crippen LogP contribution in [-0.4, -0.2) is 24.3 Å². The highest BCUT2D eigenvalue weighted by Gasteiger charge is 2.06. The van der Waals surface area contributed by atoms with Gasteiger partial charge in [0.2, 0.25) is 0 Å². The van der Waals surface area contributed by atoms with Crippen LogP contribution in [0.25, 0.3) is 0 Å². The van der Waals surface area contributed by atoms with E-state index in [-0.39, 0.29) is 12.6 Å². The summed E-state index contributed by atoms with van der Waals surface area (Å²) < 4.78 is 5.08. The van der Waals surface area contributed by atoms with Crippen LogP contribution in [0.3, 0.4) is 0 Å². The fourth-order valence-electron chi connectivity index (χ4n) is 2.09. The van der Waals surface area contributed by atoms with Gasteiger partial charge in [0.25, 0.3) is 0 Å². The number of hydrogen-bond donors (Lipinski definition) is 1. The van der Waals surface area contributed by atoms with E-state index in [1.165, 1.54) is 51.4 Å². The molecule has 0 rings (SSSR count). The second kappa shape index (κ2) is 14.6. The maximum absolute atomic E-state index is 11.4. The Morgan fingerprint density at radius 2 is 1.45 bits per heavy atom. The first-order chi connectivity index (χ1) is 9.72. The van der Waals surface area contributed by atoms with Crippen LogP contribution in [0.4, 0.5) is 0 Å². The SMILES string of the molecule is C=C(CCO)C(=O)OCCCCCCCCCCCC. The largest absolute Gasteiger partial charge is 0.462 e. The Hall–Kier alpha value is -0.830. The molecule has 0 aromatic carbocycles. The third-order valence-corrected chi connectivity index (χ3v) is 3.43. The van der Waals surface area contributed by atoms with Crippen molar-refractivity contribution in [1.29, 1.82) is 0 Å². The molecule has 0 fully saturated rings. The summed E-state index contributed by atoms with van der Waals surface area (Å²) in [6, 6.07) is 0. The average molecular weight is 284 g/mol. The highest BCUT2D eigenvalue weighted by molar-refractivity contribution is 5.87. The number of rotatable bonds is 14. The van der Waals surface area contributed by atoms with Crippen LogP contribution in [0.1, 0.15) is 77.6 Å². The average Bonchev–Trinajstić information content (AvgIpc) is 2.44. The first kappa shape index (κ1) is 19.2. The molecule has 0 unspecified atom stereocenters. The van der Waals surface area contributed by atoms with Gasteiger partial charge in [-0.15, -0.1) is 0 Å². The Morgan fingerprint density at radius 3 is 1.95 bits per heavy atom. The maximum atomic E-state index is 11.4. The van der Waals surface area contributed by atoms with Crippen molar-refractivity contribution in [3.8, 4) is 0 Å². The van der Waals surface area contributed by atoms with Gasteiger partial charge in [-0.3, -0.25) is 0 Å².